The summed E-state index contributed by atoms with van der Waals surface area (Å²) < 4.78 is 48.2. The third-order valence-electron chi connectivity index (χ3n) is 3.04. The number of alkyl halides is 3. The molecule has 0 radical (unpaired) electrons. The fourth-order valence-electron chi connectivity index (χ4n) is 1.68. The van der Waals surface area contributed by atoms with Gasteiger partial charge in [0.15, 0.2) is 11.4 Å². The summed E-state index contributed by atoms with van der Waals surface area (Å²) >= 11 is 0. The Bertz CT molecular complexity index is 623. The number of nitrogens with zero attached hydrogens (tertiary/aromatic N) is 2. The number of para-hydroxylation sites is 1. The van der Waals surface area contributed by atoms with Crippen LogP contribution < -0.4 is 10.5 Å². The van der Waals surface area contributed by atoms with Crippen LogP contribution in [0.1, 0.15) is 24.2 Å². The smallest absolute Gasteiger partial charge is 0.415 e. The average molecular weight is 301 g/mol. The minimum atomic E-state index is -4.68. The van der Waals surface area contributed by atoms with Crippen molar-refractivity contribution in [1.82, 2.24) is 10.1 Å². The third-order valence-corrected chi connectivity index (χ3v) is 3.04. The summed E-state index contributed by atoms with van der Waals surface area (Å²) in [6.07, 6.45) is -4.50. The number of hydrogen-bond donors (Lipinski definition) is 1. The highest BCUT2D eigenvalue weighted by atomic mass is 19.4. The van der Waals surface area contributed by atoms with E-state index in [1.54, 1.807) is 24.3 Å². The Kier molecular flexibility index (Phi) is 3.91. The molecule has 5 nitrogen and oxygen atoms in total. The maximum Gasteiger partial charge on any atom is 0.415 e. The standard InChI is InChI=1S/C13H14F3N3O2/c1-12(17,13(14,15)16)11-18-10(19-21-11)7-8-5-3-4-6-9(8)20-2/h3-6H,7,17H2,1-2H3. The highest BCUT2D eigenvalue weighted by Crippen LogP contribution is 2.35. The molecule has 0 aliphatic carbocycles. The molecule has 0 saturated carbocycles. The molecule has 0 aliphatic heterocycles. The summed E-state index contributed by atoms with van der Waals surface area (Å²) in [7, 11) is 1.50. The molecule has 0 bridgehead atoms. The molecule has 1 heterocycles. The molecule has 114 valence electrons. The summed E-state index contributed by atoms with van der Waals surface area (Å²) in [6.45, 7) is 0.785. The Morgan fingerprint density at radius 1 is 1.29 bits per heavy atom. The number of methoxy groups -OCH3 is 1. The van der Waals surface area contributed by atoms with Crippen molar-refractivity contribution in [3.63, 3.8) is 0 Å². The number of hydrogen-bond acceptors (Lipinski definition) is 5. The van der Waals surface area contributed by atoms with Crippen LogP contribution in [0, 0.1) is 0 Å². The van der Waals surface area contributed by atoms with E-state index in [0.29, 0.717) is 5.75 Å². The van der Waals surface area contributed by atoms with E-state index in [9.17, 15) is 13.2 Å². The molecule has 2 N–H and O–H groups in total. The molecule has 0 amide bonds. The predicted octanol–water partition coefficient (Wildman–Crippen LogP) is 2.41. The van der Waals surface area contributed by atoms with Gasteiger partial charge in [-0.25, -0.2) is 0 Å². The molecule has 1 atom stereocenters. The van der Waals surface area contributed by atoms with E-state index in [0.717, 1.165) is 12.5 Å². The van der Waals surface area contributed by atoms with Gasteiger partial charge in [0.05, 0.1) is 7.11 Å². The Labute approximate surface area is 118 Å². The van der Waals surface area contributed by atoms with Crippen LogP contribution in [-0.2, 0) is 12.0 Å². The average Bonchev–Trinajstić information content (AvgIpc) is 2.87. The highest BCUT2D eigenvalue weighted by molar-refractivity contribution is 5.35. The fourth-order valence-corrected chi connectivity index (χ4v) is 1.68. The first-order valence-electron chi connectivity index (χ1n) is 6.06. The first kappa shape index (κ1) is 15.3. The first-order valence-corrected chi connectivity index (χ1v) is 6.06. The Balaban J connectivity index is 2.25. The van der Waals surface area contributed by atoms with Gasteiger partial charge in [-0.05, 0) is 13.0 Å². The van der Waals surface area contributed by atoms with Crippen molar-refractivity contribution in [3.8, 4) is 5.75 Å². The van der Waals surface area contributed by atoms with E-state index in [1.807, 2.05) is 0 Å². The molecule has 0 spiro atoms. The summed E-state index contributed by atoms with van der Waals surface area (Å²) in [6, 6.07) is 7.06. The van der Waals surface area contributed by atoms with Crippen LogP contribution >= 0.6 is 0 Å². The minimum Gasteiger partial charge on any atom is -0.496 e. The summed E-state index contributed by atoms with van der Waals surface area (Å²) in [5.74, 6) is 0.0329. The van der Waals surface area contributed by atoms with Gasteiger partial charge in [0, 0.05) is 12.0 Å². The quantitative estimate of drug-likeness (QED) is 0.938. The normalized spacial score (nSPS) is 14.8. The molecule has 0 saturated heterocycles. The second-order valence-corrected chi connectivity index (χ2v) is 4.70. The molecule has 2 rings (SSSR count). The Hall–Kier alpha value is -2.09. The van der Waals surface area contributed by atoms with Crippen LogP contribution in [0.3, 0.4) is 0 Å². The lowest BCUT2D eigenvalue weighted by atomic mass is 10.0. The molecule has 1 aromatic heterocycles. The van der Waals surface area contributed by atoms with Gasteiger partial charge >= 0.3 is 6.18 Å². The van der Waals surface area contributed by atoms with Crippen LogP contribution in [0.15, 0.2) is 28.8 Å². The van der Waals surface area contributed by atoms with Crippen LogP contribution in [-0.4, -0.2) is 23.4 Å². The zero-order valence-corrected chi connectivity index (χ0v) is 11.4. The van der Waals surface area contributed by atoms with Crippen LogP contribution in [0.5, 0.6) is 5.75 Å². The van der Waals surface area contributed by atoms with Crippen LogP contribution in [0.4, 0.5) is 13.2 Å². The van der Waals surface area contributed by atoms with Gasteiger partial charge in [-0.2, -0.15) is 18.2 Å². The van der Waals surface area contributed by atoms with Crippen molar-refractivity contribution >= 4 is 0 Å². The third kappa shape index (κ3) is 2.99. The predicted molar refractivity (Wildman–Crippen MR) is 67.7 cm³/mol. The first-order chi connectivity index (χ1) is 9.75. The SMILES string of the molecule is COc1ccccc1Cc1noc(C(C)(N)C(F)(F)F)n1. The monoisotopic (exact) mass is 301 g/mol. The number of aromatic nitrogens is 2. The van der Waals surface area contributed by atoms with E-state index in [4.69, 9.17) is 10.5 Å². The van der Waals surface area contributed by atoms with E-state index in [1.165, 1.54) is 7.11 Å². The number of nitrogens with two attached hydrogens (primary N) is 1. The van der Waals surface area contributed by atoms with Crippen molar-refractivity contribution in [1.29, 1.82) is 0 Å². The largest absolute Gasteiger partial charge is 0.496 e. The van der Waals surface area contributed by atoms with E-state index in [-0.39, 0.29) is 12.2 Å². The van der Waals surface area contributed by atoms with Crippen molar-refractivity contribution in [2.75, 3.05) is 7.11 Å². The van der Waals surface area contributed by atoms with Gasteiger partial charge in [-0.15, -0.1) is 0 Å². The van der Waals surface area contributed by atoms with Gasteiger partial charge in [-0.3, -0.25) is 0 Å². The second-order valence-electron chi connectivity index (χ2n) is 4.70. The van der Waals surface area contributed by atoms with Crippen LogP contribution in [0.25, 0.3) is 0 Å². The Morgan fingerprint density at radius 3 is 2.57 bits per heavy atom. The number of rotatable bonds is 4. The molecule has 0 fully saturated rings. The lowest BCUT2D eigenvalue weighted by molar-refractivity contribution is -0.190. The van der Waals surface area contributed by atoms with E-state index in [2.05, 4.69) is 14.7 Å². The number of benzene rings is 1. The van der Waals surface area contributed by atoms with E-state index >= 15 is 0 Å². The van der Waals surface area contributed by atoms with Gasteiger partial charge in [0.25, 0.3) is 5.89 Å². The van der Waals surface area contributed by atoms with Gasteiger partial charge in [0.1, 0.15) is 5.75 Å². The van der Waals surface area contributed by atoms with E-state index < -0.39 is 17.6 Å². The Morgan fingerprint density at radius 2 is 1.95 bits per heavy atom. The maximum atomic E-state index is 12.8. The van der Waals surface area contributed by atoms with Gasteiger partial charge in [-0.1, -0.05) is 23.4 Å². The fraction of sp³-hybridized carbons (Fsp3) is 0.385. The van der Waals surface area contributed by atoms with Crippen molar-refractivity contribution in [3.05, 3.63) is 41.5 Å². The molecule has 1 aromatic carbocycles. The molecule has 0 aliphatic rings. The maximum absolute atomic E-state index is 12.8. The molecular weight excluding hydrogens is 287 g/mol. The topological polar surface area (TPSA) is 74.2 Å². The zero-order chi connectivity index (χ0) is 15.7. The van der Waals surface area contributed by atoms with Crippen LogP contribution in [0.2, 0.25) is 0 Å². The summed E-state index contributed by atoms with van der Waals surface area (Å²) in [4.78, 5) is 3.74. The number of ether oxygens (including phenoxy) is 1. The minimum absolute atomic E-state index is 0.107. The lowest BCUT2D eigenvalue weighted by Gasteiger charge is -2.22. The molecule has 2 aromatic rings. The lowest BCUT2D eigenvalue weighted by Crippen LogP contribution is -2.48. The summed E-state index contributed by atoms with van der Waals surface area (Å²) in [5.41, 5.74) is 3.28. The van der Waals surface area contributed by atoms with Gasteiger partial charge in [0.2, 0.25) is 0 Å². The molecule has 8 heteroatoms. The van der Waals surface area contributed by atoms with Gasteiger partial charge < -0.3 is 15.0 Å². The summed E-state index contributed by atoms with van der Waals surface area (Å²) in [5, 5.41) is 3.55. The highest BCUT2D eigenvalue weighted by Gasteiger charge is 2.53. The zero-order valence-electron chi connectivity index (χ0n) is 11.4. The molecule has 1 unspecified atom stereocenters. The van der Waals surface area contributed by atoms with Crippen molar-refractivity contribution in [2.24, 2.45) is 5.73 Å². The number of halogens is 3. The van der Waals surface area contributed by atoms with Crippen molar-refractivity contribution < 1.29 is 22.4 Å². The second kappa shape index (κ2) is 5.36. The molecule has 21 heavy (non-hydrogen) atoms. The van der Waals surface area contributed by atoms with Crippen molar-refractivity contribution in [2.45, 2.75) is 25.1 Å². The molecular formula is C13H14F3N3O2.